The van der Waals surface area contributed by atoms with Crippen molar-refractivity contribution in [1.82, 2.24) is 0 Å². The lowest BCUT2D eigenvalue weighted by Crippen LogP contribution is -2.21. The number of aryl methyl sites for hydroxylation is 1. The molecule has 1 atom stereocenters. The fourth-order valence-corrected chi connectivity index (χ4v) is 1.92. The van der Waals surface area contributed by atoms with Crippen LogP contribution in [-0.4, -0.2) is 17.0 Å². The van der Waals surface area contributed by atoms with Crippen molar-refractivity contribution in [3.8, 4) is 0 Å². The first kappa shape index (κ1) is 15.2. The van der Waals surface area contributed by atoms with E-state index < -0.39 is 5.97 Å². The standard InChI is InChI=1S/C15H21NO3/c1-3-6-11(2)15(19)16-13-8-5-4-7-12(13)9-10-14(17)18/h4-5,7-8,11H,3,6,9-10H2,1-2H3,(H,16,19)(H,17,18). The molecule has 0 aliphatic rings. The smallest absolute Gasteiger partial charge is 0.303 e. The minimum absolute atomic E-state index is 0.00961. The van der Waals surface area contributed by atoms with E-state index in [1.165, 1.54) is 0 Å². The van der Waals surface area contributed by atoms with Gasteiger partial charge >= 0.3 is 5.97 Å². The molecule has 19 heavy (non-hydrogen) atoms. The van der Waals surface area contributed by atoms with Crippen LogP contribution in [0.4, 0.5) is 5.69 Å². The molecule has 0 spiro atoms. The highest BCUT2D eigenvalue weighted by atomic mass is 16.4. The van der Waals surface area contributed by atoms with Gasteiger partial charge in [0.2, 0.25) is 5.91 Å². The molecule has 1 unspecified atom stereocenters. The van der Waals surface area contributed by atoms with Gasteiger partial charge in [-0.25, -0.2) is 0 Å². The first-order valence-corrected chi connectivity index (χ1v) is 6.65. The minimum Gasteiger partial charge on any atom is -0.481 e. The number of carbonyl (C=O) groups excluding carboxylic acids is 1. The van der Waals surface area contributed by atoms with Crippen molar-refractivity contribution in [2.24, 2.45) is 5.92 Å². The van der Waals surface area contributed by atoms with Crippen molar-refractivity contribution >= 4 is 17.6 Å². The van der Waals surface area contributed by atoms with Crippen LogP contribution in [0.1, 0.15) is 38.7 Å². The van der Waals surface area contributed by atoms with Crippen molar-refractivity contribution < 1.29 is 14.7 Å². The topological polar surface area (TPSA) is 66.4 Å². The van der Waals surface area contributed by atoms with Crippen LogP contribution in [0.15, 0.2) is 24.3 Å². The fourth-order valence-electron chi connectivity index (χ4n) is 1.92. The van der Waals surface area contributed by atoms with Crippen LogP contribution in [0.3, 0.4) is 0 Å². The third kappa shape index (κ3) is 5.12. The zero-order chi connectivity index (χ0) is 14.3. The summed E-state index contributed by atoms with van der Waals surface area (Å²) in [5.74, 6) is -0.873. The number of nitrogens with one attached hydrogen (secondary N) is 1. The summed E-state index contributed by atoms with van der Waals surface area (Å²) in [6.45, 7) is 3.95. The Morgan fingerprint density at radius 2 is 2.00 bits per heavy atom. The molecule has 0 heterocycles. The average Bonchev–Trinajstić information content (AvgIpc) is 2.37. The molecule has 0 radical (unpaired) electrons. The van der Waals surface area contributed by atoms with Crippen LogP contribution in [0, 0.1) is 5.92 Å². The van der Waals surface area contributed by atoms with Gasteiger partial charge in [0.05, 0.1) is 0 Å². The number of anilines is 1. The predicted molar refractivity (Wildman–Crippen MR) is 75.1 cm³/mol. The number of para-hydroxylation sites is 1. The monoisotopic (exact) mass is 263 g/mol. The van der Waals surface area contributed by atoms with Crippen molar-refractivity contribution in [2.45, 2.75) is 39.5 Å². The van der Waals surface area contributed by atoms with Gasteiger partial charge in [-0.15, -0.1) is 0 Å². The Morgan fingerprint density at radius 1 is 1.32 bits per heavy atom. The van der Waals surface area contributed by atoms with Gasteiger partial charge in [-0.3, -0.25) is 9.59 Å². The predicted octanol–water partition coefficient (Wildman–Crippen LogP) is 3.08. The number of carbonyl (C=O) groups is 2. The molecular formula is C15H21NO3. The maximum absolute atomic E-state index is 12.0. The highest BCUT2D eigenvalue weighted by Crippen LogP contribution is 2.18. The summed E-state index contributed by atoms with van der Waals surface area (Å²) in [6, 6.07) is 7.35. The van der Waals surface area contributed by atoms with E-state index in [0.29, 0.717) is 6.42 Å². The zero-order valence-electron chi connectivity index (χ0n) is 11.5. The van der Waals surface area contributed by atoms with Crippen molar-refractivity contribution in [2.75, 3.05) is 5.32 Å². The summed E-state index contributed by atoms with van der Waals surface area (Å²) in [7, 11) is 0. The van der Waals surface area contributed by atoms with Crippen molar-refractivity contribution in [1.29, 1.82) is 0 Å². The molecule has 4 nitrogen and oxygen atoms in total. The second kappa shape index (κ2) is 7.56. The van der Waals surface area contributed by atoms with Gasteiger partial charge in [0.25, 0.3) is 0 Å². The van der Waals surface area contributed by atoms with Gasteiger partial charge in [0.15, 0.2) is 0 Å². The number of benzene rings is 1. The number of rotatable bonds is 7. The van der Waals surface area contributed by atoms with Crippen LogP contribution >= 0.6 is 0 Å². The van der Waals surface area contributed by atoms with Crippen LogP contribution in [0.2, 0.25) is 0 Å². The molecule has 0 bridgehead atoms. The molecule has 4 heteroatoms. The van der Waals surface area contributed by atoms with Crippen LogP contribution in [-0.2, 0) is 16.0 Å². The summed E-state index contributed by atoms with van der Waals surface area (Å²) in [4.78, 5) is 22.6. The Kier molecular flexibility index (Phi) is 6.06. The van der Waals surface area contributed by atoms with E-state index in [-0.39, 0.29) is 18.2 Å². The lowest BCUT2D eigenvalue weighted by atomic mass is 10.0. The summed E-state index contributed by atoms with van der Waals surface area (Å²) in [5, 5.41) is 11.6. The molecule has 1 amide bonds. The second-order valence-electron chi connectivity index (χ2n) is 4.73. The lowest BCUT2D eigenvalue weighted by molar-refractivity contribution is -0.137. The number of amides is 1. The second-order valence-corrected chi connectivity index (χ2v) is 4.73. The highest BCUT2D eigenvalue weighted by molar-refractivity contribution is 5.93. The van der Waals surface area contributed by atoms with Crippen molar-refractivity contribution in [3.63, 3.8) is 0 Å². The number of carboxylic acids is 1. The molecule has 2 N–H and O–H groups in total. The van der Waals surface area contributed by atoms with E-state index in [1.54, 1.807) is 0 Å². The quantitative estimate of drug-likeness (QED) is 0.794. The number of hydrogen-bond acceptors (Lipinski definition) is 2. The molecule has 0 aliphatic heterocycles. The fraction of sp³-hybridized carbons (Fsp3) is 0.467. The molecule has 0 fully saturated rings. The SMILES string of the molecule is CCCC(C)C(=O)Nc1ccccc1CCC(=O)O. The van der Waals surface area contributed by atoms with E-state index in [0.717, 1.165) is 24.1 Å². The zero-order valence-corrected chi connectivity index (χ0v) is 11.5. The van der Waals surface area contributed by atoms with Gasteiger partial charge in [0.1, 0.15) is 0 Å². The number of carboxylic acid groups (broad SMARTS) is 1. The van der Waals surface area contributed by atoms with Crippen molar-refractivity contribution in [3.05, 3.63) is 29.8 Å². The maximum atomic E-state index is 12.0. The van der Waals surface area contributed by atoms with Gasteiger partial charge < -0.3 is 10.4 Å². The van der Waals surface area contributed by atoms with Gasteiger partial charge in [0, 0.05) is 18.0 Å². The van der Waals surface area contributed by atoms with E-state index in [2.05, 4.69) is 5.32 Å². The molecular weight excluding hydrogens is 242 g/mol. The number of aliphatic carboxylic acids is 1. The Balaban J connectivity index is 2.71. The van der Waals surface area contributed by atoms with Crippen LogP contribution < -0.4 is 5.32 Å². The van der Waals surface area contributed by atoms with Gasteiger partial charge in [-0.05, 0) is 24.5 Å². The Hall–Kier alpha value is -1.84. The molecule has 0 aliphatic carbocycles. The highest BCUT2D eigenvalue weighted by Gasteiger charge is 2.13. The van der Waals surface area contributed by atoms with E-state index in [1.807, 2.05) is 38.1 Å². The Bertz CT molecular complexity index is 443. The van der Waals surface area contributed by atoms with Gasteiger partial charge in [-0.1, -0.05) is 38.5 Å². The Morgan fingerprint density at radius 3 is 2.63 bits per heavy atom. The normalized spacial score (nSPS) is 11.9. The largest absolute Gasteiger partial charge is 0.481 e. The molecule has 0 saturated heterocycles. The molecule has 0 saturated carbocycles. The summed E-state index contributed by atoms with van der Waals surface area (Å²) in [6.07, 6.45) is 2.31. The van der Waals surface area contributed by atoms with Crippen LogP contribution in [0.25, 0.3) is 0 Å². The lowest BCUT2D eigenvalue weighted by Gasteiger charge is -2.14. The van der Waals surface area contributed by atoms with E-state index >= 15 is 0 Å². The maximum Gasteiger partial charge on any atom is 0.303 e. The van der Waals surface area contributed by atoms with E-state index in [9.17, 15) is 9.59 Å². The summed E-state index contributed by atoms with van der Waals surface area (Å²) < 4.78 is 0. The van der Waals surface area contributed by atoms with Crippen LogP contribution in [0.5, 0.6) is 0 Å². The third-order valence-electron chi connectivity index (χ3n) is 3.05. The van der Waals surface area contributed by atoms with E-state index in [4.69, 9.17) is 5.11 Å². The molecule has 104 valence electrons. The Labute approximate surface area is 113 Å². The first-order valence-electron chi connectivity index (χ1n) is 6.65. The number of hydrogen-bond donors (Lipinski definition) is 2. The average molecular weight is 263 g/mol. The summed E-state index contributed by atoms with van der Waals surface area (Å²) in [5.41, 5.74) is 1.58. The first-order chi connectivity index (χ1) is 9.04. The third-order valence-corrected chi connectivity index (χ3v) is 3.05. The summed E-state index contributed by atoms with van der Waals surface area (Å²) >= 11 is 0. The molecule has 1 aromatic rings. The molecule has 1 aromatic carbocycles. The minimum atomic E-state index is -0.833. The van der Waals surface area contributed by atoms with Gasteiger partial charge in [-0.2, -0.15) is 0 Å². The molecule has 0 aromatic heterocycles. The molecule has 1 rings (SSSR count).